The van der Waals surface area contributed by atoms with Crippen molar-refractivity contribution in [2.75, 3.05) is 6.54 Å². The Balaban J connectivity index is 2.58. The summed E-state index contributed by atoms with van der Waals surface area (Å²) in [7, 11) is 0. The van der Waals surface area contributed by atoms with E-state index >= 15 is 0 Å². The molecule has 13 heavy (non-hydrogen) atoms. The lowest BCUT2D eigenvalue weighted by atomic mass is 10.7. The lowest BCUT2D eigenvalue weighted by molar-refractivity contribution is 0.623. The van der Waals surface area contributed by atoms with Gasteiger partial charge >= 0.3 is 0 Å². The van der Waals surface area contributed by atoms with E-state index in [1.54, 1.807) is 0 Å². The summed E-state index contributed by atoms with van der Waals surface area (Å²) in [6, 6.07) is 0. The van der Waals surface area contributed by atoms with Crippen LogP contribution < -0.4 is 0 Å². The van der Waals surface area contributed by atoms with Crippen LogP contribution in [0.5, 0.6) is 0 Å². The maximum Gasteiger partial charge on any atom is 0.237 e. The first-order valence-electron chi connectivity index (χ1n) is 3.32. The number of rotatable bonds is 4. The number of hydrogen-bond donors (Lipinski definition) is 0. The molecular formula is C4H5N9. The van der Waals surface area contributed by atoms with E-state index in [4.69, 9.17) is 11.1 Å². The van der Waals surface area contributed by atoms with Gasteiger partial charge in [0.2, 0.25) is 5.95 Å². The molecule has 1 heterocycles. The third-order valence-electron chi connectivity index (χ3n) is 1.15. The van der Waals surface area contributed by atoms with Crippen molar-refractivity contribution in [3.63, 3.8) is 0 Å². The van der Waals surface area contributed by atoms with Crippen LogP contribution >= 0.6 is 0 Å². The molecule has 0 bridgehead atoms. The fourth-order valence-corrected chi connectivity index (χ4v) is 0.670. The highest BCUT2D eigenvalue weighted by molar-refractivity contribution is 5.08. The Morgan fingerprint density at radius 2 is 2.31 bits per heavy atom. The van der Waals surface area contributed by atoms with Crippen molar-refractivity contribution in [3.8, 4) is 0 Å². The van der Waals surface area contributed by atoms with Crippen LogP contribution in [0.15, 0.2) is 16.6 Å². The number of azide groups is 2. The van der Waals surface area contributed by atoms with E-state index in [1.165, 1.54) is 11.0 Å². The first-order valence-corrected chi connectivity index (χ1v) is 3.32. The van der Waals surface area contributed by atoms with Crippen molar-refractivity contribution in [2.24, 2.45) is 10.2 Å². The smallest absolute Gasteiger partial charge is 0.237 e. The largest absolute Gasteiger partial charge is 0.252 e. The second kappa shape index (κ2) is 4.60. The molecule has 0 atom stereocenters. The summed E-state index contributed by atoms with van der Waals surface area (Å²) in [6.45, 7) is 0.702. The molecule has 0 saturated heterocycles. The summed E-state index contributed by atoms with van der Waals surface area (Å²) in [5.41, 5.74) is 16.0. The average Bonchev–Trinajstić information content (AvgIpc) is 2.54. The van der Waals surface area contributed by atoms with E-state index in [2.05, 4.69) is 30.1 Å². The summed E-state index contributed by atoms with van der Waals surface area (Å²) < 4.78 is 1.43. The fourth-order valence-electron chi connectivity index (χ4n) is 0.670. The molecule has 1 aromatic rings. The number of hydrogen-bond acceptors (Lipinski definition) is 4. The molecule has 66 valence electrons. The van der Waals surface area contributed by atoms with Crippen LogP contribution in [-0.4, -0.2) is 21.3 Å². The minimum absolute atomic E-state index is 0.0587. The molecule has 0 aromatic carbocycles. The fraction of sp³-hybridized carbons (Fsp3) is 0.500. The van der Waals surface area contributed by atoms with E-state index in [9.17, 15) is 0 Å². The van der Waals surface area contributed by atoms with E-state index in [0.717, 1.165) is 0 Å². The SMILES string of the molecule is [N-]=[N+]=NCCn1cnc(N=[N+]=[N-])n1. The van der Waals surface area contributed by atoms with Crippen LogP contribution in [0.3, 0.4) is 0 Å². The van der Waals surface area contributed by atoms with E-state index < -0.39 is 0 Å². The molecule has 1 rings (SSSR count). The molecule has 0 fully saturated rings. The van der Waals surface area contributed by atoms with Gasteiger partial charge in [-0.15, -0.1) is 5.10 Å². The summed E-state index contributed by atoms with van der Waals surface area (Å²) in [5.74, 6) is 0.0587. The maximum absolute atomic E-state index is 8.05. The average molecular weight is 179 g/mol. The molecule has 9 heteroatoms. The van der Waals surface area contributed by atoms with Crippen LogP contribution in [0.1, 0.15) is 0 Å². The first-order chi connectivity index (χ1) is 6.36. The van der Waals surface area contributed by atoms with Crippen LogP contribution in [0.2, 0.25) is 0 Å². The highest BCUT2D eigenvalue weighted by Crippen LogP contribution is 2.00. The van der Waals surface area contributed by atoms with Gasteiger partial charge in [-0.25, -0.2) is 4.98 Å². The predicted octanol–water partition coefficient (Wildman–Crippen LogP) is 1.53. The molecule has 0 spiro atoms. The predicted molar refractivity (Wildman–Crippen MR) is 42.8 cm³/mol. The molecule has 0 unspecified atom stereocenters. The third-order valence-corrected chi connectivity index (χ3v) is 1.15. The van der Waals surface area contributed by atoms with Crippen molar-refractivity contribution in [3.05, 3.63) is 27.2 Å². The van der Waals surface area contributed by atoms with Gasteiger partial charge in [0, 0.05) is 22.9 Å². The Morgan fingerprint density at radius 1 is 1.46 bits per heavy atom. The van der Waals surface area contributed by atoms with Gasteiger partial charge in [0.1, 0.15) is 6.33 Å². The number of aromatic nitrogens is 3. The minimum atomic E-state index is 0.0587. The van der Waals surface area contributed by atoms with Gasteiger partial charge in [-0.3, -0.25) is 4.68 Å². The van der Waals surface area contributed by atoms with E-state index in [0.29, 0.717) is 6.54 Å². The molecule has 0 N–H and O–H groups in total. The van der Waals surface area contributed by atoms with Crippen molar-refractivity contribution < 1.29 is 0 Å². The minimum Gasteiger partial charge on any atom is -0.252 e. The Kier molecular flexibility index (Phi) is 3.13. The van der Waals surface area contributed by atoms with Crippen LogP contribution in [0.25, 0.3) is 20.9 Å². The van der Waals surface area contributed by atoms with Gasteiger partial charge in [-0.1, -0.05) is 5.11 Å². The normalized spacial score (nSPS) is 8.62. The summed E-state index contributed by atoms with van der Waals surface area (Å²) in [5, 5.41) is 10.3. The van der Waals surface area contributed by atoms with Gasteiger partial charge in [0.15, 0.2) is 0 Å². The molecule has 0 amide bonds. The Hall–Kier alpha value is -2.24. The molecule has 0 aliphatic carbocycles. The first kappa shape index (κ1) is 8.85. The molecule has 0 radical (unpaired) electrons. The summed E-state index contributed by atoms with van der Waals surface area (Å²) in [4.78, 5) is 8.78. The van der Waals surface area contributed by atoms with E-state index in [-0.39, 0.29) is 12.5 Å². The maximum atomic E-state index is 8.05. The van der Waals surface area contributed by atoms with Crippen molar-refractivity contribution in [1.82, 2.24) is 14.8 Å². The van der Waals surface area contributed by atoms with Gasteiger partial charge in [0.05, 0.1) is 0 Å². The Labute approximate surface area is 72.3 Å². The quantitative estimate of drug-likeness (QED) is 0.394. The van der Waals surface area contributed by atoms with E-state index in [1.807, 2.05) is 0 Å². The molecule has 0 saturated carbocycles. The zero-order valence-electron chi connectivity index (χ0n) is 6.52. The monoisotopic (exact) mass is 179 g/mol. The van der Waals surface area contributed by atoms with Crippen molar-refractivity contribution in [1.29, 1.82) is 0 Å². The Bertz CT molecular complexity index is 365. The number of nitrogens with zero attached hydrogens (tertiary/aromatic N) is 9. The second-order valence-electron chi connectivity index (χ2n) is 1.95. The summed E-state index contributed by atoms with van der Waals surface area (Å²) in [6.07, 6.45) is 1.40. The van der Waals surface area contributed by atoms with Crippen LogP contribution in [-0.2, 0) is 6.54 Å². The van der Waals surface area contributed by atoms with Gasteiger partial charge in [-0.05, 0) is 16.2 Å². The highest BCUT2D eigenvalue weighted by atomic mass is 15.4. The van der Waals surface area contributed by atoms with Crippen molar-refractivity contribution in [2.45, 2.75) is 6.54 Å². The molecule has 0 aliphatic heterocycles. The Morgan fingerprint density at radius 3 is 3.00 bits per heavy atom. The zero-order valence-corrected chi connectivity index (χ0v) is 6.52. The highest BCUT2D eigenvalue weighted by Gasteiger charge is 1.95. The molecule has 0 aliphatic rings. The summed E-state index contributed by atoms with van der Waals surface area (Å²) >= 11 is 0. The molecular weight excluding hydrogens is 174 g/mol. The molecule has 1 aromatic heterocycles. The topological polar surface area (TPSA) is 128 Å². The van der Waals surface area contributed by atoms with Gasteiger partial charge in [0.25, 0.3) is 0 Å². The van der Waals surface area contributed by atoms with Crippen LogP contribution in [0, 0.1) is 0 Å². The molecule has 9 nitrogen and oxygen atoms in total. The third kappa shape index (κ3) is 2.70. The van der Waals surface area contributed by atoms with Gasteiger partial charge < -0.3 is 0 Å². The van der Waals surface area contributed by atoms with Crippen LogP contribution in [0.4, 0.5) is 5.95 Å². The van der Waals surface area contributed by atoms with Crippen molar-refractivity contribution >= 4 is 5.95 Å². The standard InChI is InChI=1S/C4H5N9/c5-11-8-1-2-13-3-7-4(10-13)9-12-6/h3H,1-2H2. The second-order valence-corrected chi connectivity index (χ2v) is 1.95. The van der Waals surface area contributed by atoms with Gasteiger partial charge in [-0.2, -0.15) is 0 Å². The lowest BCUT2D eigenvalue weighted by Gasteiger charge is -1.92. The zero-order chi connectivity index (χ0) is 9.52. The lowest BCUT2D eigenvalue weighted by Crippen LogP contribution is -2.00.